The molecule has 0 fully saturated rings. The largest absolute Gasteiger partial charge is 0.467 e. The van der Waals surface area contributed by atoms with E-state index < -0.39 is 0 Å². The highest BCUT2D eigenvalue weighted by atomic mass is 16.5. The topological polar surface area (TPSA) is 51.8 Å². The number of hydrogen-bond acceptors (Lipinski definition) is 4. The maximum atomic E-state index is 11.1. The van der Waals surface area contributed by atoms with Crippen LogP contribution in [0.3, 0.4) is 0 Å². The van der Waals surface area contributed by atoms with Crippen LogP contribution in [0.1, 0.15) is 26.0 Å². The van der Waals surface area contributed by atoms with E-state index in [1.165, 1.54) is 0 Å². The highest BCUT2D eigenvalue weighted by Crippen LogP contribution is 2.02. The van der Waals surface area contributed by atoms with Gasteiger partial charge in [-0.25, -0.2) is 0 Å². The third kappa shape index (κ3) is 4.44. The fourth-order valence-electron chi connectivity index (χ4n) is 1.09. The van der Waals surface area contributed by atoms with Crippen LogP contribution < -0.4 is 0 Å². The average Bonchev–Trinajstić information content (AvgIpc) is 2.67. The maximum Gasteiger partial charge on any atom is 0.311 e. The first-order valence-electron chi connectivity index (χ1n) is 4.90. The summed E-state index contributed by atoms with van der Waals surface area (Å²) in [6.07, 6.45) is 1.85. The van der Waals surface area contributed by atoms with Crippen LogP contribution in [-0.4, -0.2) is 18.3 Å². The molecular formula is C11H15NO3. The van der Waals surface area contributed by atoms with Crippen molar-refractivity contribution in [2.24, 2.45) is 4.99 Å². The van der Waals surface area contributed by atoms with Gasteiger partial charge in [0.2, 0.25) is 0 Å². The van der Waals surface area contributed by atoms with Crippen molar-refractivity contribution in [3.8, 4) is 0 Å². The van der Waals surface area contributed by atoms with Crippen LogP contribution in [0.15, 0.2) is 27.8 Å². The van der Waals surface area contributed by atoms with E-state index in [-0.39, 0.29) is 12.4 Å². The molecule has 1 aromatic heterocycles. The lowest BCUT2D eigenvalue weighted by atomic mass is 10.3. The molecule has 0 saturated heterocycles. The Balaban J connectivity index is 2.36. The van der Waals surface area contributed by atoms with Gasteiger partial charge in [-0.05, 0) is 26.0 Å². The van der Waals surface area contributed by atoms with E-state index in [1.54, 1.807) is 20.1 Å². The molecule has 0 radical (unpaired) electrons. The summed E-state index contributed by atoms with van der Waals surface area (Å²) in [5.74, 6) is 0.552. The Kier molecular flexibility index (Phi) is 4.60. The van der Waals surface area contributed by atoms with Gasteiger partial charge in [0, 0.05) is 5.71 Å². The Morgan fingerprint density at radius 2 is 2.40 bits per heavy atom. The molecule has 4 nitrogen and oxygen atoms in total. The van der Waals surface area contributed by atoms with Gasteiger partial charge in [0.25, 0.3) is 0 Å². The number of hydrogen-bond donors (Lipinski definition) is 0. The monoisotopic (exact) mass is 209 g/mol. The average molecular weight is 209 g/mol. The number of esters is 1. The first kappa shape index (κ1) is 11.5. The second kappa shape index (κ2) is 6.01. The van der Waals surface area contributed by atoms with Crippen LogP contribution in [0.4, 0.5) is 0 Å². The molecule has 4 heteroatoms. The molecule has 0 amide bonds. The highest BCUT2D eigenvalue weighted by Gasteiger charge is 2.03. The lowest BCUT2D eigenvalue weighted by Gasteiger charge is -2.00. The van der Waals surface area contributed by atoms with Gasteiger partial charge in [-0.3, -0.25) is 9.79 Å². The van der Waals surface area contributed by atoms with Crippen LogP contribution in [0, 0.1) is 0 Å². The van der Waals surface area contributed by atoms with Gasteiger partial charge in [0.1, 0.15) is 5.76 Å². The zero-order chi connectivity index (χ0) is 11.1. The normalized spacial score (nSPS) is 11.5. The fraction of sp³-hybridized carbons (Fsp3) is 0.455. The van der Waals surface area contributed by atoms with Gasteiger partial charge in [0.05, 0.1) is 25.8 Å². The smallest absolute Gasteiger partial charge is 0.311 e. The highest BCUT2D eigenvalue weighted by molar-refractivity contribution is 5.97. The molecule has 0 spiro atoms. The minimum absolute atomic E-state index is 0.238. The molecule has 0 saturated carbocycles. The lowest BCUT2D eigenvalue weighted by Crippen LogP contribution is -2.08. The fourth-order valence-corrected chi connectivity index (χ4v) is 1.09. The number of nitrogens with zero attached hydrogens (tertiary/aromatic N) is 1. The first-order valence-corrected chi connectivity index (χ1v) is 4.90. The summed E-state index contributed by atoms with van der Waals surface area (Å²) >= 11 is 0. The molecule has 1 heterocycles. The molecule has 82 valence electrons. The zero-order valence-electron chi connectivity index (χ0n) is 9.03. The number of ether oxygens (including phenoxy) is 1. The van der Waals surface area contributed by atoms with Crippen molar-refractivity contribution >= 4 is 11.7 Å². The summed E-state index contributed by atoms with van der Waals surface area (Å²) < 4.78 is 9.92. The van der Waals surface area contributed by atoms with Crippen LogP contribution >= 0.6 is 0 Å². The van der Waals surface area contributed by atoms with E-state index in [9.17, 15) is 4.79 Å². The van der Waals surface area contributed by atoms with Crippen molar-refractivity contribution < 1.29 is 13.9 Å². The molecule has 0 atom stereocenters. The third-order valence-electron chi connectivity index (χ3n) is 1.79. The van der Waals surface area contributed by atoms with Gasteiger partial charge >= 0.3 is 5.97 Å². The second-order valence-electron chi connectivity index (χ2n) is 3.11. The Bertz CT molecular complexity index is 328. The maximum absolute atomic E-state index is 11.1. The third-order valence-corrected chi connectivity index (χ3v) is 1.79. The number of carbonyl (C=O) groups excluding carboxylic acids is 1. The molecule has 15 heavy (non-hydrogen) atoms. The van der Waals surface area contributed by atoms with E-state index >= 15 is 0 Å². The van der Waals surface area contributed by atoms with Crippen LogP contribution in [0.5, 0.6) is 0 Å². The minimum atomic E-state index is -0.238. The quantitative estimate of drug-likeness (QED) is 0.551. The molecule has 1 rings (SSSR count). The predicted molar refractivity (Wildman–Crippen MR) is 56.8 cm³/mol. The van der Waals surface area contributed by atoms with Crippen molar-refractivity contribution in [1.29, 1.82) is 0 Å². The van der Waals surface area contributed by atoms with Crippen molar-refractivity contribution in [2.45, 2.75) is 26.8 Å². The first-order chi connectivity index (χ1) is 7.22. The van der Waals surface area contributed by atoms with E-state index in [0.29, 0.717) is 13.2 Å². The lowest BCUT2D eigenvalue weighted by molar-refractivity contribution is -0.141. The molecule has 0 bridgehead atoms. The predicted octanol–water partition coefficient (Wildman–Crippen LogP) is 2.19. The summed E-state index contributed by atoms with van der Waals surface area (Å²) in [6.45, 7) is 4.47. The zero-order valence-corrected chi connectivity index (χ0v) is 9.03. The van der Waals surface area contributed by atoms with Crippen LogP contribution in [0.2, 0.25) is 0 Å². The minimum Gasteiger partial charge on any atom is -0.467 e. The standard InChI is InChI=1S/C11H15NO3/c1-3-14-11(13)7-9(2)12-8-10-5-4-6-15-10/h4-6H,3,7-8H2,1-2H3/b12-9+. The van der Waals surface area contributed by atoms with Gasteiger partial charge in [-0.2, -0.15) is 0 Å². The Labute approximate surface area is 89.0 Å². The SMILES string of the molecule is CCOC(=O)C/C(C)=N/Cc1ccco1. The van der Waals surface area contributed by atoms with E-state index in [2.05, 4.69) is 4.99 Å². The molecule has 0 aliphatic rings. The van der Waals surface area contributed by atoms with Crippen molar-refractivity contribution in [3.63, 3.8) is 0 Å². The van der Waals surface area contributed by atoms with Gasteiger partial charge in [0.15, 0.2) is 0 Å². The van der Waals surface area contributed by atoms with E-state index in [1.807, 2.05) is 12.1 Å². The van der Waals surface area contributed by atoms with E-state index in [0.717, 1.165) is 11.5 Å². The Hall–Kier alpha value is -1.58. The number of rotatable bonds is 5. The summed E-state index contributed by atoms with van der Waals surface area (Å²) in [5, 5.41) is 0. The summed E-state index contributed by atoms with van der Waals surface area (Å²) in [6, 6.07) is 3.66. The van der Waals surface area contributed by atoms with Crippen LogP contribution in [0.25, 0.3) is 0 Å². The number of aliphatic imine (C=N–C) groups is 1. The molecular weight excluding hydrogens is 194 g/mol. The van der Waals surface area contributed by atoms with Gasteiger partial charge < -0.3 is 9.15 Å². The van der Waals surface area contributed by atoms with E-state index in [4.69, 9.17) is 9.15 Å². The van der Waals surface area contributed by atoms with Crippen molar-refractivity contribution in [3.05, 3.63) is 24.2 Å². The Morgan fingerprint density at radius 1 is 1.60 bits per heavy atom. The molecule has 0 unspecified atom stereocenters. The second-order valence-corrected chi connectivity index (χ2v) is 3.11. The van der Waals surface area contributed by atoms with Gasteiger partial charge in [-0.1, -0.05) is 0 Å². The summed E-state index contributed by atoms with van der Waals surface area (Å²) in [7, 11) is 0. The molecule has 0 aliphatic heterocycles. The van der Waals surface area contributed by atoms with Gasteiger partial charge in [-0.15, -0.1) is 0 Å². The molecule has 0 N–H and O–H groups in total. The molecule has 0 aliphatic carbocycles. The Morgan fingerprint density at radius 3 is 3.00 bits per heavy atom. The number of furan rings is 1. The summed E-state index contributed by atoms with van der Waals surface area (Å²) in [4.78, 5) is 15.3. The molecule has 0 aromatic carbocycles. The van der Waals surface area contributed by atoms with Crippen molar-refractivity contribution in [1.82, 2.24) is 0 Å². The number of carbonyl (C=O) groups is 1. The molecule has 1 aromatic rings. The van der Waals surface area contributed by atoms with Crippen molar-refractivity contribution in [2.75, 3.05) is 6.61 Å². The van der Waals surface area contributed by atoms with Crippen LogP contribution in [-0.2, 0) is 16.1 Å². The summed E-state index contributed by atoms with van der Waals surface area (Å²) in [5.41, 5.74) is 0.754.